The van der Waals surface area contributed by atoms with Crippen LogP contribution in [0, 0.1) is 5.92 Å². The largest absolute Gasteiger partial charge is 0.480 e. The predicted molar refractivity (Wildman–Crippen MR) is 210 cm³/mol. The molecule has 2 bridgehead atoms. The summed E-state index contributed by atoms with van der Waals surface area (Å²) in [6.07, 6.45) is 5.95. The maximum absolute atomic E-state index is 14.2. The van der Waals surface area contributed by atoms with Crippen molar-refractivity contribution in [3.05, 3.63) is 71.9 Å². The molecule has 0 spiro atoms. The molecule has 5 rings (SSSR count). The monoisotopic (exact) mass is 790 g/mol. The number of thioether (sulfide) groups is 1. The molecule has 2 aliphatic heterocycles. The van der Waals surface area contributed by atoms with E-state index in [9.17, 15) is 38.7 Å². The van der Waals surface area contributed by atoms with E-state index in [4.69, 9.17) is 5.73 Å². The molecular formula is C39H50N8O8S. The summed E-state index contributed by atoms with van der Waals surface area (Å²) in [5.74, 6) is -4.85. The molecule has 6 amide bonds. The van der Waals surface area contributed by atoms with Gasteiger partial charge in [0.15, 0.2) is 0 Å². The van der Waals surface area contributed by atoms with Gasteiger partial charge in [0, 0.05) is 48.4 Å². The number of carbonyl (C=O) groups is 7. The first kappa shape index (κ1) is 41.7. The molecule has 3 aromatic rings. The number of carboxylic acid groups (broad SMARTS) is 1. The third-order valence-electron chi connectivity index (χ3n) is 10.3. The first-order chi connectivity index (χ1) is 26.9. The van der Waals surface area contributed by atoms with Crippen LogP contribution in [0.3, 0.4) is 0 Å². The van der Waals surface area contributed by atoms with Crippen LogP contribution in [0.25, 0.3) is 10.9 Å². The molecule has 2 saturated heterocycles. The summed E-state index contributed by atoms with van der Waals surface area (Å²) >= 11 is 1.49. The Morgan fingerprint density at radius 3 is 2.09 bits per heavy atom. The third kappa shape index (κ3) is 11.6. The first-order valence-electron chi connectivity index (χ1n) is 18.7. The van der Waals surface area contributed by atoms with Crippen molar-refractivity contribution in [2.45, 2.75) is 87.6 Å². The van der Waals surface area contributed by atoms with Gasteiger partial charge in [0.2, 0.25) is 35.4 Å². The number of nitrogens with one attached hydrogen (secondary N) is 7. The number of aromatic nitrogens is 1. The molecule has 10 N–H and O–H groups in total. The number of primary amides is 1. The number of H-pyrrole nitrogens is 1. The van der Waals surface area contributed by atoms with Crippen LogP contribution in [-0.4, -0.2) is 106 Å². The van der Waals surface area contributed by atoms with Gasteiger partial charge in [-0.05, 0) is 61.3 Å². The van der Waals surface area contributed by atoms with Gasteiger partial charge >= 0.3 is 5.97 Å². The van der Waals surface area contributed by atoms with Crippen molar-refractivity contribution in [1.82, 2.24) is 36.9 Å². The fourth-order valence-electron chi connectivity index (χ4n) is 7.34. The molecular weight excluding hydrogens is 741 g/mol. The van der Waals surface area contributed by atoms with Crippen molar-refractivity contribution in [1.29, 1.82) is 0 Å². The fraction of sp³-hybridized carbons (Fsp3) is 0.462. The Morgan fingerprint density at radius 2 is 1.45 bits per heavy atom. The SMILES string of the molecule is CSCC[C@H](NC(=O)[C@H]1C[C@@H]2CC[C@H]1N2)C(=O)N[C@@H](CCC(N)=O)C(=O)N[C@@H](Cc1c[nH]c2ccccc12)C(=O)N[C@@H](Cc1ccccc1)C(=O)NCC(=O)O. The van der Waals surface area contributed by atoms with E-state index in [2.05, 4.69) is 36.9 Å². The van der Waals surface area contributed by atoms with Gasteiger partial charge < -0.3 is 47.7 Å². The molecule has 7 atom stereocenters. The number of hydrogen-bond acceptors (Lipinski definition) is 9. The van der Waals surface area contributed by atoms with E-state index < -0.39 is 66.2 Å². The van der Waals surface area contributed by atoms with E-state index in [0.717, 1.165) is 23.7 Å². The predicted octanol–water partition coefficient (Wildman–Crippen LogP) is 0.252. The maximum Gasteiger partial charge on any atom is 0.322 e. The van der Waals surface area contributed by atoms with Crippen molar-refractivity contribution < 1.29 is 38.7 Å². The molecule has 2 aromatic carbocycles. The number of hydrogen-bond donors (Lipinski definition) is 9. The minimum atomic E-state index is -1.33. The highest BCUT2D eigenvalue weighted by atomic mass is 32.2. The van der Waals surface area contributed by atoms with Crippen LogP contribution in [0.5, 0.6) is 0 Å². The van der Waals surface area contributed by atoms with Crippen LogP contribution in [0.1, 0.15) is 49.7 Å². The zero-order chi connectivity index (χ0) is 40.2. The summed E-state index contributed by atoms with van der Waals surface area (Å²) in [5, 5.41) is 26.8. The van der Waals surface area contributed by atoms with E-state index in [0.29, 0.717) is 23.3 Å². The zero-order valence-electron chi connectivity index (χ0n) is 31.2. The van der Waals surface area contributed by atoms with Crippen molar-refractivity contribution in [2.24, 2.45) is 11.7 Å². The standard InChI is InChI=1S/C39H50N8O8S/c1-56-16-15-30(44-35(51)26-19-24-11-12-28(26)43-24)38(54)45-29(13-14-33(40)48)37(53)47-32(18-23-20-41-27-10-6-5-9-25(23)27)39(55)46-31(36(52)42-21-34(49)50)17-22-7-3-2-4-8-22/h2-10,20,24,26,28-32,41,43H,11-19,21H2,1H3,(H2,40,48)(H,42,52)(H,44,51)(H,45,54)(H,46,55)(H,47,53)(H,49,50)/t24-,26-,28+,29-,30-,31-,32-/m0/s1. The molecule has 2 fully saturated rings. The summed E-state index contributed by atoms with van der Waals surface area (Å²) < 4.78 is 0. The van der Waals surface area contributed by atoms with E-state index in [1.807, 2.05) is 30.5 Å². The zero-order valence-corrected chi connectivity index (χ0v) is 32.0. The normalized spacial score (nSPS) is 19.3. The van der Waals surface area contributed by atoms with Crippen LogP contribution in [-0.2, 0) is 46.4 Å². The summed E-state index contributed by atoms with van der Waals surface area (Å²) in [4.78, 5) is 95.0. The first-order valence-corrected chi connectivity index (χ1v) is 20.1. The molecule has 17 heteroatoms. The number of rotatable bonds is 21. The molecule has 0 saturated carbocycles. The fourth-order valence-corrected chi connectivity index (χ4v) is 7.82. The highest BCUT2D eigenvalue weighted by Gasteiger charge is 2.43. The molecule has 0 unspecified atom stereocenters. The quantitative estimate of drug-likeness (QED) is 0.0712. The second-order valence-corrected chi connectivity index (χ2v) is 15.3. The van der Waals surface area contributed by atoms with Crippen LogP contribution in [0.15, 0.2) is 60.8 Å². The molecule has 0 radical (unpaired) electrons. The average Bonchev–Trinajstić information content (AvgIpc) is 3.93. The Labute approximate surface area is 328 Å². The Hall–Kier alpha value is -5.42. The molecule has 1 aromatic heterocycles. The van der Waals surface area contributed by atoms with Crippen molar-refractivity contribution in [3.63, 3.8) is 0 Å². The minimum absolute atomic E-state index is 0.0184. The van der Waals surface area contributed by atoms with E-state index in [1.54, 1.807) is 36.5 Å². The second-order valence-electron chi connectivity index (χ2n) is 14.3. The summed E-state index contributed by atoms with van der Waals surface area (Å²) in [6, 6.07) is 11.7. The van der Waals surface area contributed by atoms with Crippen LogP contribution in [0.4, 0.5) is 0 Å². The number of nitrogens with two attached hydrogens (primary N) is 1. The third-order valence-corrected chi connectivity index (χ3v) is 10.9. The molecule has 300 valence electrons. The number of aromatic amines is 1. The van der Waals surface area contributed by atoms with Gasteiger partial charge in [0.1, 0.15) is 30.7 Å². The molecule has 56 heavy (non-hydrogen) atoms. The highest BCUT2D eigenvalue weighted by Crippen LogP contribution is 2.33. The number of fused-ring (bicyclic) bond motifs is 3. The molecule has 3 heterocycles. The van der Waals surface area contributed by atoms with Crippen molar-refractivity contribution in [3.8, 4) is 0 Å². The second kappa shape index (κ2) is 20.0. The van der Waals surface area contributed by atoms with Gasteiger partial charge in [0.05, 0.1) is 5.92 Å². The van der Waals surface area contributed by atoms with E-state index >= 15 is 0 Å². The number of aliphatic carboxylic acids is 1. The number of amides is 6. The lowest BCUT2D eigenvalue weighted by Gasteiger charge is -2.27. The van der Waals surface area contributed by atoms with Crippen LogP contribution < -0.4 is 37.6 Å². The van der Waals surface area contributed by atoms with Gasteiger partial charge in [-0.15, -0.1) is 0 Å². The summed E-state index contributed by atoms with van der Waals surface area (Å²) in [7, 11) is 0. The minimum Gasteiger partial charge on any atom is -0.480 e. The summed E-state index contributed by atoms with van der Waals surface area (Å²) in [5.41, 5.74) is 7.60. The van der Waals surface area contributed by atoms with Gasteiger partial charge in [-0.1, -0.05) is 48.5 Å². The van der Waals surface area contributed by atoms with Crippen LogP contribution >= 0.6 is 11.8 Å². The molecule has 0 aliphatic carbocycles. The molecule has 16 nitrogen and oxygen atoms in total. The lowest BCUT2D eigenvalue weighted by Crippen LogP contribution is -2.59. The Morgan fingerprint density at radius 1 is 0.804 bits per heavy atom. The van der Waals surface area contributed by atoms with Gasteiger partial charge in [-0.2, -0.15) is 11.8 Å². The number of para-hydroxylation sites is 1. The Balaban J connectivity index is 1.37. The van der Waals surface area contributed by atoms with Gasteiger partial charge in [-0.3, -0.25) is 33.6 Å². The Bertz CT molecular complexity index is 1890. The smallest absolute Gasteiger partial charge is 0.322 e. The van der Waals surface area contributed by atoms with Gasteiger partial charge in [-0.25, -0.2) is 0 Å². The average molecular weight is 791 g/mol. The number of carboxylic acids is 1. The topological polar surface area (TPSA) is 254 Å². The lowest BCUT2D eigenvalue weighted by molar-refractivity contribution is -0.138. The Kier molecular flexibility index (Phi) is 14.9. The number of benzene rings is 2. The van der Waals surface area contributed by atoms with Crippen molar-refractivity contribution >= 4 is 64.1 Å². The van der Waals surface area contributed by atoms with E-state index in [-0.39, 0.29) is 56.0 Å². The van der Waals surface area contributed by atoms with Crippen molar-refractivity contribution in [2.75, 3.05) is 18.6 Å². The summed E-state index contributed by atoms with van der Waals surface area (Å²) in [6.45, 7) is -0.673. The lowest BCUT2D eigenvalue weighted by atomic mass is 9.88. The van der Waals surface area contributed by atoms with E-state index in [1.165, 1.54) is 11.8 Å². The van der Waals surface area contributed by atoms with Gasteiger partial charge in [0.25, 0.3) is 0 Å². The van der Waals surface area contributed by atoms with Crippen LogP contribution in [0.2, 0.25) is 0 Å². The molecule has 2 aliphatic rings. The maximum atomic E-state index is 14.2. The highest BCUT2D eigenvalue weighted by molar-refractivity contribution is 7.98. The number of carbonyl (C=O) groups excluding carboxylic acids is 6.